The van der Waals surface area contributed by atoms with E-state index in [9.17, 15) is 5.11 Å². The van der Waals surface area contributed by atoms with Crippen molar-refractivity contribution in [3.8, 4) is 0 Å². The molecule has 0 unspecified atom stereocenters. The third-order valence-corrected chi connectivity index (χ3v) is 2.77. The van der Waals surface area contributed by atoms with Crippen molar-refractivity contribution >= 4 is 11.6 Å². The quantitative estimate of drug-likeness (QED) is 0.741. The summed E-state index contributed by atoms with van der Waals surface area (Å²) >= 11 is 0. The first-order valence-electron chi connectivity index (χ1n) is 5.33. The number of aliphatic hydroxyl groups excluding tert-OH is 1. The van der Waals surface area contributed by atoms with Crippen LogP contribution in [0, 0.1) is 0 Å². The minimum absolute atomic E-state index is 0.195. The maximum Gasteiger partial charge on any atom is 0.134 e. The van der Waals surface area contributed by atoms with Gasteiger partial charge in [-0.05, 0) is 12.8 Å². The number of anilines is 2. The van der Waals surface area contributed by atoms with Crippen LogP contribution in [0.5, 0.6) is 0 Å². The van der Waals surface area contributed by atoms with Crippen LogP contribution < -0.4 is 10.2 Å². The number of hydrogen-bond acceptors (Lipinski definition) is 5. The maximum absolute atomic E-state index is 9.20. The third-order valence-electron chi connectivity index (χ3n) is 2.77. The van der Waals surface area contributed by atoms with Gasteiger partial charge in [0.25, 0.3) is 0 Å². The molecule has 0 radical (unpaired) electrons. The Labute approximate surface area is 88.2 Å². The number of rotatable bonds is 3. The van der Waals surface area contributed by atoms with Gasteiger partial charge in [0.05, 0.1) is 6.10 Å². The molecular formula is C10H14N4O. The van der Waals surface area contributed by atoms with Crippen molar-refractivity contribution in [3.05, 3.63) is 12.4 Å². The van der Waals surface area contributed by atoms with Gasteiger partial charge in [0, 0.05) is 25.2 Å². The van der Waals surface area contributed by atoms with E-state index in [4.69, 9.17) is 0 Å². The molecule has 2 N–H and O–H groups in total. The van der Waals surface area contributed by atoms with E-state index in [-0.39, 0.29) is 6.10 Å². The standard InChI is InChI=1S/C10H14N4O/c15-8-4-14(5-8)10-3-9(11-6-12-10)13-7-1-2-7/h3,6-8,15H,1-2,4-5H2,(H,11,12,13). The summed E-state index contributed by atoms with van der Waals surface area (Å²) in [7, 11) is 0. The molecule has 1 aliphatic heterocycles. The fourth-order valence-electron chi connectivity index (χ4n) is 1.68. The second-order valence-corrected chi connectivity index (χ2v) is 4.24. The predicted molar refractivity (Wildman–Crippen MR) is 56.9 cm³/mol. The normalized spacial score (nSPS) is 21.3. The molecule has 0 bridgehead atoms. The molecule has 0 atom stereocenters. The Morgan fingerprint density at radius 3 is 2.80 bits per heavy atom. The van der Waals surface area contributed by atoms with Gasteiger partial charge in [-0.1, -0.05) is 0 Å². The van der Waals surface area contributed by atoms with Gasteiger partial charge in [-0.2, -0.15) is 0 Å². The molecule has 0 amide bonds. The first-order chi connectivity index (χ1) is 7.31. The predicted octanol–water partition coefficient (Wildman–Crippen LogP) is 0.232. The van der Waals surface area contributed by atoms with Crippen LogP contribution in [-0.4, -0.2) is 40.3 Å². The van der Waals surface area contributed by atoms with Gasteiger partial charge in [0.1, 0.15) is 18.0 Å². The van der Waals surface area contributed by atoms with Crippen LogP contribution in [0.3, 0.4) is 0 Å². The van der Waals surface area contributed by atoms with E-state index in [1.54, 1.807) is 6.33 Å². The minimum atomic E-state index is -0.195. The monoisotopic (exact) mass is 206 g/mol. The first-order valence-corrected chi connectivity index (χ1v) is 5.33. The highest BCUT2D eigenvalue weighted by molar-refractivity contribution is 5.51. The van der Waals surface area contributed by atoms with Crippen molar-refractivity contribution in [2.24, 2.45) is 0 Å². The average molecular weight is 206 g/mol. The lowest BCUT2D eigenvalue weighted by Crippen LogP contribution is -2.51. The SMILES string of the molecule is OC1CN(c2cc(NC3CC3)ncn2)C1. The topological polar surface area (TPSA) is 61.3 Å². The van der Waals surface area contributed by atoms with Crippen LogP contribution in [0.2, 0.25) is 0 Å². The van der Waals surface area contributed by atoms with Gasteiger partial charge in [-0.3, -0.25) is 0 Å². The molecule has 0 aromatic carbocycles. The van der Waals surface area contributed by atoms with Gasteiger partial charge in [0.15, 0.2) is 0 Å². The summed E-state index contributed by atoms with van der Waals surface area (Å²) in [5.41, 5.74) is 0. The number of hydrogen-bond donors (Lipinski definition) is 2. The molecule has 1 aliphatic carbocycles. The van der Waals surface area contributed by atoms with E-state index in [1.165, 1.54) is 12.8 Å². The lowest BCUT2D eigenvalue weighted by atomic mass is 10.2. The molecule has 1 saturated carbocycles. The van der Waals surface area contributed by atoms with Gasteiger partial charge < -0.3 is 15.3 Å². The molecule has 2 heterocycles. The molecule has 2 fully saturated rings. The number of aliphatic hydroxyl groups is 1. The Morgan fingerprint density at radius 1 is 1.33 bits per heavy atom. The van der Waals surface area contributed by atoms with Crippen LogP contribution in [0.4, 0.5) is 11.6 Å². The van der Waals surface area contributed by atoms with E-state index in [0.29, 0.717) is 19.1 Å². The summed E-state index contributed by atoms with van der Waals surface area (Å²) in [5, 5.41) is 12.5. The summed E-state index contributed by atoms with van der Waals surface area (Å²) in [5.74, 6) is 1.79. The van der Waals surface area contributed by atoms with E-state index in [1.807, 2.05) is 11.0 Å². The Hall–Kier alpha value is -1.36. The largest absolute Gasteiger partial charge is 0.389 e. The highest BCUT2D eigenvalue weighted by atomic mass is 16.3. The summed E-state index contributed by atoms with van der Waals surface area (Å²) in [4.78, 5) is 10.4. The zero-order valence-electron chi connectivity index (χ0n) is 8.43. The van der Waals surface area contributed by atoms with Crippen molar-refractivity contribution in [2.45, 2.75) is 25.0 Å². The van der Waals surface area contributed by atoms with Gasteiger partial charge in [-0.15, -0.1) is 0 Å². The zero-order valence-corrected chi connectivity index (χ0v) is 8.43. The van der Waals surface area contributed by atoms with E-state index in [0.717, 1.165) is 11.6 Å². The summed E-state index contributed by atoms with van der Waals surface area (Å²) in [6.07, 6.45) is 3.86. The average Bonchev–Trinajstić information content (AvgIpc) is 2.97. The molecule has 1 aromatic heterocycles. The number of aromatic nitrogens is 2. The smallest absolute Gasteiger partial charge is 0.134 e. The first kappa shape index (κ1) is 8.91. The van der Waals surface area contributed by atoms with Crippen molar-refractivity contribution in [1.82, 2.24) is 9.97 Å². The molecular weight excluding hydrogens is 192 g/mol. The van der Waals surface area contributed by atoms with E-state index in [2.05, 4.69) is 15.3 Å². The molecule has 3 rings (SSSR count). The van der Waals surface area contributed by atoms with Crippen LogP contribution in [0.15, 0.2) is 12.4 Å². The maximum atomic E-state index is 9.20. The fraction of sp³-hybridized carbons (Fsp3) is 0.600. The van der Waals surface area contributed by atoms with Crippen LogP contribution in [0.25, 0.3) is 0 Å². The second kappa shape index (κ2) is 3.34. The number of nitrogens with one attached hydrogen (secondary N) is 1. The fourth-order valence-corrected chi connectivity index (χ4v) is 1.68. The van der Waals surface area contributed by atoms with Crippen molar-refractivity contribution in [3.63, 3.8) is 0 Å². The van der Waals surface area contributed by atoms with Crippen molar-refractivity contribution in [2.75, 3.05) is 23.3 Å². The Balaban J connectivity index is 1.71. The second-order valence-electron chi connectivity index (χ2n) is 4.24. The molecule has 5 nitrogen and oxygen atoms in total. The number of nitrogens with zero attached hydrogens (tertiary/aromatic N) is 3. The summed E-state index contributed by atoms with van der Waals surface area (Å²) in [6.45, 7) is 1.36. The van der Waals surface area contributed by atoms with Crippen molar-refractivity contribution in [1.29, 1.82) is 0 Å². The molecule has 5 heteroatoms. The Kier molecular flexibility index (Phi) is 1.98. The molecule has 2 aliphatic rings. The van der Waals surface area contributed by atoms with Crippen molar-refractivity contribution < 1.29 is 5.11 Å². The van der Waals surface area contributed by atoms with E-state index >= 15 is 0 Å². The lowest BCUT2D eigenvalue weighted by Gasteiger charge is -2.36. The molecule has 1 saturated heterocycles. The lowest BCUT2D eigenvalue weighted by molar-refractivity contribution is 0.141. The van der Waals surface area contributed by atoms with Gasteiger partial charge in [0.2, 0.25) is 0 Å². The van der Waals surface area contributed by atoms with Crippen LogP contribution in [-0.2, 0) is 0 Å². The van der Waals surface area contributed by atoms with Gasteiger partial charge >= 0.3 is 0 Å². The molecule has 15 heavy (non-hydrogen) atoms. The highest BCUT2D eigenvalue weighted by Gasteiger charge is 2.26. The summed E-state index contributed by atoms with van der Waals surface area (Å²) < 4.78 is 0. The number of β-amino-alcohol motifs (C(OH)–C–C–N with tert-alkyl or cyclic N) is 1. The molecule has 0 spiro atoms. The van der Waals surface area contributed by atoms with Crippen LogP contribution >= 0.6 is 0 Å². The molecule has 1 aromatic rings. The highest BCUT2D eigenvalue weighted by Crippen LogP contribution is 2.25. The van der Waals surface area contributed by atoms with Crippen LogP contribution in [0.1, 0.15) is 12.8 Å². The minimum Gasteiger partial charge on any atom is -0.389 e. The molecule has 80 valence electrons. The zero-order chi connectivity index (χ0) is 10.3. The summed E-state index contributed by atoms with van der Waals surface area (Å²) in [6, 6.07) is 2.55. The third kappa shape index (κ3) is 1.87. The Bertz CT molecular complexity index is 360. The Morgan fingerprint density at radius 2 is 2.13 bits per heavy atom. The van der Waals surface area contributed by atoms with Gasteiger partial charge in [-0.25, -0.2) is 9.97 Å². The van der Waals surface area contributed by atoms with E-state index < -0.39 is 0 Å².